The molecule has 1 aromatic rings. The van der Waals surface area contributed by atoms with E-state index in [1.165, 1.54) is 22.7 Å². The van der Waals surface area contributed by atoms with Crippen LogP contribution in [0.25, 0.3) is 0 Å². The number of hydrogen-bond donors (Lipinski definition) is 1. The maximum absolute atomic E-state index is 12.1. The first-order valence-corrected chi connectivity index (χ1v) is 7.38. The number of sulfonamides is 1. The number of hydrogen-bond acceptors (Lipinski definition) is 4. The highest BCUT2D eigenvalue weighted by atomic mass is 32.2. The molecule has 90 valence electrons. The molecule has 1 heterocycles. The number of rotatable bonds is 5. The lowest BCUT2D eigenvalue weighted by atomic mass is 10.2. The molecule has 0 aliphatic rings. The van der Waals surface area contributed by atoms with Crippen LogP contribution >= 0.6 is 23.6 Å². The van der Waals surface area contributed by atoms with Crippen LogP contribution in [0.15, 0.2) is 21.7 Å². The van der Waals surface area contributed by atoms with Gasteiger partial charge in [-0.25, -0.2) is 8.42 Å². The standard InChI is InChI=1S/C9H14N2O2S3/c1-7(6-8(10)14)11(2)16(12,13)9-4-3-5-15-9/h3-5,7H,6H2,1-2H3,(H2,10,14). The Bertz CT molecular complexity index is 453. The lowest BCUT2D eigenvalue weighted by Gasteiger charge is -2.23. The van der Waals surface area contributed by atoms with E-state index >= 15 is 0 Å². The van der Waals surface area contributed by atoms with E-state index in [0.29, 0.717) is 15.6 Å². The summed E-state index contributed by atoms with van der Waals surface area (Å²) in [6.07, 6.45) is 0.385. The summed E-state index contributed by atoms with van der Waals surface area (Å²) < 4.78 is 25.8. The maximum atomic E-state index is 12.1. The normalized spacial score (nSPS) is 13.9. The zero-order valence-corrected chi connectivity index (χ0v) is 11.5. The van der Waals surface area contributed by atoms with Crippen molar-refractivity contribution in [3.8, 4) is 0 Å². The van der Waals surface area contributed by atoms with E-state index in [4.69, 9.17) is 18.0 Å². The molecule has 2 N–H and O–H groups in total. The average Bonchev–Trinajstić information content (AvgIpc) is 2.68. The second-order valence-electron chi connectivity index (χ2n) is 3.47. The Morgan fingerprint density at radius 3 is 2.75 bits per heavy atom. The summed E-state index contributed by atoms with van der Waals surface area (Å²) >= 11 is 5.97. The molecule has 1 unspecified atom stereocenters. The summed E-state index contributed by atoms with van der Waals surface area (Å²) in [6.45, 7) is 1.78. The van der Waals surface area contributed by atoms with Gasteiger partial charge in [-0.3, -0.25) is 0 Å². The van der Waals surface area contributed by atoms with E-state index in [1.807, 2.05) is 0 Å². The predicted octanol–water partition coefficient (Wildman–Crippen LogP) is 1.43. The molecular weight excluding hydrogens is 264 g/mol. The van der Waals surface area contributed by atoms with Gasteiger partial charge in [-0.05, 0) is 18.4 Å². The van der Waals surface area contributed by atoms with Gasteiger partial charge in [-0.2, -0.15) is 4.31 Å². The van der Waals surface area contributed by atoms with Crippen molar-refractivity contribution in [2.24, 2.45) is 5.73 Å². The lowest BCUT2D eigenvalue weighted by molar-refractivity contribution is 0.398. The summed E-state index contributed by atoms with van der Waals surface area (Å²) in [7, 11) is -1.86. The Labute approximate surface area is 105 Å². The number of nitrogens with zero attached hydrogens (tertiary/aromatic N) is 1. The van der Waals surface area contributed by atoms with Gasteiger partial charge in [0.2, 0.25) is 0 Å². The zero-order chi connectivity index (χ0) is 12.3. The molecule has 0 radical (unpaired) electrons. The van der Waals surface area contributed by atoms with Crippen LogP contribution in [-0.4, -0.2) is 30.8 Å². The molecule has 1 rings (SSSR count). The molecule has 4 nitrogen and oxygen atoms in total. The first kappa shape index (κ1) is 13.6. The molecule has 0 saturated heterocycles. The third-order valence-electron chi connectivity index (χ3n) is 2.25. The summed E-state index contributed by atoms with van der Waals surface area (Å²) in [5.74, 6) is 0. The van der Waals surface area contributed by atoms with Crippen LogP contribution in [0.2, 0.25) is 0 Å². The molecule has 7 heteroatoms. The Morgan fingerprint density at radius 1 is 1.69 bits per heavy atom. The van der Waals surface area contributed by atoms with Crippen LogP contribution in [0.1, 0.15) is 13.3 Å². The monoisotopic (exact) mass is 278 g/mol. The number of thiophene rings is 1. The summed E-state index contributed by atoms with van der Waals surface area (Å²) in [6, 6.07) is 3.07. The van der Waals surface area contributed by atoms with Crippen molar-refractivity contribution < 1.29 is 8.42 Å². The van der Waals surface area contributed by atoms with Gasteiger partial charge in [-0.15, -0.1) is 11.3 Å². The summed E-state index contributed by atoms with van der Waals surface area (Å²) in [5.41, 5.74) is 5.41. The van der Waals surface area contributed by atoms with Gasteiger partial charge in [-0.1, -0.05) is 18.3 Å². The zero-order valence-electron chi connectivity index (χ0n) is 9.08. The van der Waals surface area contributed by atoms with Gasteiger partial charge >= 0.3 is 0 Å². The lowest BCUT2D eigenvalue weighted by Crippen LogP contribution is -2.37. The largest absolute Gasteiger partial charge is 0.393 e. The van der Waals surface area contributed by atoms with Crippen molar-refractivity contribution in [3.63, 3.8) is 0 Å². The fraction of sp³-hybridized carbons (Fsp3) is 0.444. The summed E-state index contributed by atoms with van der Waals surface area (Å²) in [5, 5.41) is 1.74. The van der Waals surface area contributed by atoms with E-state index in [9.17, 15) is 8.42 Å². The molecule has 0 spiro atoms. The molecule has 0 bridgehead atoms. The van der Waals surface area contributed by atoms with E-state index in [1.54, 1.807) is 24.4 Å². The Balaban J connectivity index is 2.89. The van der Waals surface area contributed by atoms with Gasteiger partial charge in [0.05, 0.1) is 4.99 Å². The first-order chi connectivity index (χ1) is 7.35. The Kier molecular flexibility index (Phi) is 4.43. The fourth-order valence-electron chi connectivity index (χ4n) is 1.21. The third kappa shape index (κ3) is 3.00. The first-order valence-electron chi connectivity index (χ1n) is 4.65. The van der Waals surface area contributed by atoms with Gasteiger partial charge in [0.25, 0.3) is 10.0 Å². The van der Waals surface area contributed by atoms with E-state index in [-0.39, 0.29) is 6.04 Å². The van der Waals surface area contributed by atoms with Crippen molar-refractivity contribution in [1.29, 1.82) is 0 Å². The summed E-state index contributed by atoms with van der Waals surface area (Å²) in [4.78, 5) is 0.320. The smallest absolute Gasteiger partial charge is 0.252 e. The highest BCUT2D eigenvalue weighted by Gasteiger charge is 2.26. The third-order valence-corrected chi connectivity index (χ3v) is 5.76. The van der Waals surface area contributed by atoms with Crippen LogP contribution in [0.4, 0.5) is 0 Å². The Morgan fingerprint density at radius 2 is 2.31 bits per heavy atom. The minimum absolute atomic E-state index is 0.232. The van der Waals surface area contributed by atoms with Crippen molar-refractivity contribution in [2.45, 2.75) is 23.6 Å². The molecular formula is C9H14N2O2S3. The van der Waals surface area contributed by atoms with Crippen LogP contribution in [0, 0.1) is 0 Å². The van der Waals surface area contributed by atoms with E-state index in [2.05, 4.69) is 0 Å². The predicted molar refractivity (Wildman–Crippen MR) is 70.1 cm³/mol. The molecule has 1 aromatic heterocycles. The van der Waals surface area contributed by atoms with Crippen molar-refractivity contribution in [1.82, 2.24) is 4.31 Å². The molecule has 0 aliphatic carbocycles. The molecule has 0 saturated carbocycles. The number of thiocarbonyl (C=S) groups is 1. The fourth-order valence-corrected chi connectivity index (χ4v) is 3.99. The van der Waals surface area contributed by atoms with Gasteiger partial charge in [0.1, 0.15) is 4.21 Å². The van der Waals surface area contributed by atoms with E-state index in [0.717, 1.165) is 0 Å². The van der Waals surface area contributed by atoms with Gasteiger partial charge < -0.3 is 5.73 Å². The SMILES string of the molecule is CC(CC(N)=S)N(C)S(=O)(=O)c1cccs1. The average molecular weight is 278 g/mol. The second-order valence-corrected chi connectivity index (χ2v) is 7.17. The molecule has 1 atom stereocenters. The van der Waals surface area contributed by atoms with Crippen molar-refractivity contribution >= 4 is 38.6 Å². The van der Waals surface area contributed by atoms with Crippen molar-refractivity contribution in [2.75, 3.05) is 7.05 Å². The highest BCUT2D eigenvalue weighted by molar-refractivity contribution is 7.91. The van der Waals surface area contributed by atoms with Crippen molar-refractivity contribution in [3.05, 3.63) is 17.5 Å². The molecule has 0 aromatic carbocycles. The van der Waals surface area contributed by atoms with Gasteiger partial charge in [0.15, 0.2) is 0 Å². The van der Waals surface area contributed by atoms with Gasteiger partial charge in [0, 0.05) is 19.5 Å². The van der Waals surface area contributed by atoms with Crippen LogP contribution in [0.3, 0.4) is 0 Å². The second kappa shape index (κ2) is 5.22. The van der Waals surface area contributed by atoms with Crippen LogP contribution < -0.4 is 5.73 Å². The molecule has 0 amide bonds. The number of nitrogens with two attached hydrogens (primary N) is 1. The van der Waals surface area contributed by atoms with E-state index < -0.39 is 10.0 Å². The minimum Gasteiger partial charge on any atom is -0.393 e. The Hall–Kier alpha value is -0.500. The highest BCUT2D eigenvalue weighted by Crippen LogP contribution is 2.22. The molecule has 0 fully saturated rings. The molecule has 16 heavy (non-hydrogen) atoms. The topological polar surface area (TPSA) is 63.4 Å². The maximum Gasteiger partial charge on any atom is 0.252 e. The molecule has 0 aliphatic heterocycles. The van der Waals surface area contributed by atoms with Crippen LogP contribution in [0.5, 0.6) is 0 Å². The quantitative estimate of drug-likeness (QED) is 0.828. The van der Waals surface area contributed by atoms with Crippen LogP contribution in [-0.2, 0) is 10.0 Å². The minimum atomic E-state index is -3.40.